The number of aromatic nitrogens is 2. The molecular formula is C14H20N4O4. The molecule has 120 valence electrons. The molecule has 8 heteroatoms. The van der Waals surface area contributed by atoms with Crippen LogP contribution in [0, 0.1) is 5.92 Å². The first-order valence-electron chi connectivity index (χ1n) is 7.11. The maximum Gasteiger partial charge on any atom is 0.326 e. The Hall–Kier alpha value is -2.38. The molecule has 1 aromatic heterocycles. The fourth-order valence-corrected chi connectivity index (χ4v) is 2.69. The van der Waals surface area contributed by atoms with Crippen molar-refractivity contribution in [2.45, 2.75) is 25.4 Å². The topological polar surface area (TPSA) is 95.7 Å². The van der Waals surface area contributed by atoms with Crippen LogP contribution >= 0.6 is 0 Å². The monoisotopic (exact) mass is 308 g/mol. The van der Waals surface area contributed by atoms with Gasteiger partial charge in [-0.2, -0.15) is 5.10 Å². The number of aliphatic carboxylic acids is 1. The molecule has 1 aromatic rings. The molecule has 0 bridgehead atoms. The van der Waals surface area contributed by atoms with Gasteiger partial charge in [0.25, 0.3) is 0 Å². The number of hydrogen-bond donors (Lipinski definition) is 1. The lowest BCUT2D eigenvalue weighted by atomic mass is 9.91. The fraction of sp³-hybridized carbons (Fsp3) is 0.571. The normalized spacial score (nSPS) is 21.5. The standard InChI is InChI=1S/C14H20N4O4/c1-16(2)13(20)10-4-5-11(14(21)22)18(8-10)12(19)9-17-7-3-6-15-17/h3,6-7,10-11H,4-5,8-9H2,1-2H3,(H,21,22). The highest BCUT2D eigenvalue weighted by Gasteiger charge is 2.38. The van der Waals surface area contributed by atoms with Crippen molar-refractivity contribution in [2.75, 3.05) is 20.6 Å². The lowest BCUT2D eigenvalue weighted by Gasteiger charge is -2.37. The summed E-state index contributed by atoms with van der Waals surface area (Å²) < 4.78 is 1.44. The Kier molecular flexibility index (Phi) is 4.79. The second-order valence-corrected chi connectivity index (χ2v) is 5.61. The van der Waals surface area contributed by atoms with E-state index >= 15 is 0 Å². The van der Waals surface area contributed by atoms with Gasteiger partial charge >= 0.3 is 5.97 Å². The first kappa shape index (κ1) is 16.0. The number of carboxylic acid groups (broad SMARTS) is 1. The van der Waals surface area contributed by atoms with Crippen molar-refractivity contribution < 1.29 is 19.5 Å². The molecule has 1 aliphatic rings. The van der Waals surface area contributed by atoms with Crippen molar-refractivity contribution in [3.8, 4) is 0 Å². The molecule has 2 heterocycles. The van der Waals surface area contributed by atoms with E-state index in [1.807, 2.05) is 0 Å². The number of nitrogens with zero attached hydrogens (tertiary/aromatic N) is 4. The quantitative estimate of drug-likeness (QED) is 0.821. The van der Waals surface area contributed by atoms with E-state index in [1.165, 1.54) is 14.5 Å². The van der Waals surface area contributed by atoms with E-state index in [-0.39, 0.29) is 37.2 Å². The average Bonchev–Trinajstić information content (AvgIpc) is 2.98. The van der Waals surface area contributed by atoms with Crippen LogP contribution in [0.1, 0.15) is 12.8 Å². The van der Waals surface area contributed by atoms with Gasteiger partial charge in [-0.1, -0.05) is 0 Å². The molecule has 1 fully saturated rings. The molecule has 1 saturated heterocycles. The first-order chi connectivity index (χ1) is 10.4. The summed E-state index contributed by atoms with van der Waals surface area (Å²) in [5.41, 5.74) is 0. The summed E-state index contributed by atoms with van der Waals surface area (Å²) in [6.07, 6.45) is 3.95. The maximum absolute atomic E-state index is 12.4. The second-order valence-electron chi connectivity index (χ2n) is 5.61. The van der Waals surface area contributed by atoms with Crippen LogP contribution in [0.4, 0.5) is 0 Å². The molecule has 0 aromatic carbocycles. The lowest BCUT2D eigenvalue weighted by molar-refractivity contribution is -0.155. The van der Waals surface area contributed by atoms with Crippen LogP contribution in [0.3, 0.4) is 0 Å². The maximum atomic E-state index is 12.4. The average molecular weight is 308 g/mol. The third-order valence-corrected chi connectivity index (χ3v) is 3.83. The summed E-state index contributed by atoms with van der Waals surface area (Å²) in [6, 6.07) is 0.811. The third kappa shape index (κ3) is 3.44. The zero-order chi connectivity index (χ0) is 16.3. The van der Waals surface area contributed by atoms with Gasteiger partial charge in [0.15, 0.2) is 0 Å². The molecule has 0 saturated carbocycles. The van der Waals surface area contributed by atoms with Gasteiger partial charge < -0.3 is 14.9 Å². The van der Waals surface area contributed by atoms with E-state index in [4.69, 9.17) is 0 Å². The Balaban J connectivity index is 2.12. The Morgan fingerprint density at radius 2 is 2.05 bits per heavy atom. The van der Waals surface area contributed by atoms with Gasteiger partial charge in [0.05, 0.1) is 5.92 Å². The Morgan fingerprint density at radius 1 is 1.32 bits per heavy atom. The predicted molar refractivity (Wildman–Crippen MR) is 76.8 cm³/mol. The van der Waals surface area contributed by atoms with E-state index in [1.54, 1.807) is 32.6 Å². The van der Waals surface area contributed by atoms with Crippen molar-refractivity contribution in [2.24, 2.45) is 5.92 Å². The number of carbonyl (C=O) groups is 3. The highest BCUT2D eigenvalue weighted by Crippen LogP contribution is 2.24. The lowest BCUT2D eigenvalue weighted by Crippen LogP contribution is -2.54. The summed E-state index contributed by atoms with van der Waals surface area (Å²) in [6.45, 7) is 0.105. The zero-order valence-corrected chi connectivity index (χ0v) is 12.7. The van der Waals surface area contributed by atoms with Crippen LogP contribution < -0.4 is 0 Å². The summed E-state index contributed by atoms with van der Waals surface area (Å²) >= 11 is 0. The first-order valence-corrected chi connectivity index (χ1v) is 7.11. The SMILES string of the molecule is CN(C)C(=O)C1CCC(C(=O)O)N(C(=O)Cn2cccn2)C1. The van der Waals surface area contributed by atoms with Crippen molar-refractivity contribution in [1.82, 2.24) is 19.6 Å². The molecule has 2 rings (SSSR count). The highest BCUT2D eigenvalue weighted by molar-refractivity contribution is 5.85. The summed E-state index contributed by atoms with van der Waals surface area (Å²) in [4.78, 5) is 38.6. The minimum Gasteiger partial charge on any atom is -0.480 e. The minimum atomic E-state index is -1.04. The van der Waals surface area contributed by atoms with Gasteiger partial charge in [-0.15, -0.1) is 0 Å². The molecule has 2 atom stereocenters. The van der Waals surface area contributed by atoms with Crippen molar-refractivity contribution >= 4 is 17.8 Å². The smallest absolute Gasteiger partial charge is 0.326 e. The van der Waals surface area contributed by atoms with Gasteiger partial charge in [0.1, 0.15) is 12.6 Å². The number of carbonyl (C=O) groups excluding carboxylic acids is 2. The highest BCUT2D eigenvalue weighted by atomic mass is 16.4. The third-order valence-electron chi connectivity index (χ3n) is 3.83. The van der Waals surface area contributed by atoms with Crippen molar-refractivity contribution in [3.63, 3.8) is 0 Å². The van der Waals surface area contributed by atoms with Gasteiger partial charge in [-0.3, -0.25) is 14.3 Å². The minimum absolute atomic E-state index is 0.0281. The van der Waals surface area contributed by atoms with E-state index < -0.39 is 12.0 Å². The number of carboxylic acids is 1. The predicted octanol–water partition coefficient (Wildman–Crippen LogP) is -0.337. The van der Waals surface area contributed by atoms with Crippen LogP contribution in [0.15, 0.2) is 18.5 Å². The van der Waals surface area contributed by atoms with Crippen molar-refractivity contribution in [3.05, 3.63) is 18.5 Å². The van der Waals surface area contributed by atoms with E-state index in [2.05, 4.69) is 5.10 Å². The van der Waals surface area contributed by atoms with Crippen LogP contribution in [-0.4, -0.2) is 69.2 Å². The number of amides is 2. The zero-order valence-electron chi connectivity index (χ0n) is 12.7. The van der Waals surface area contributed by atoms with Crippen LogP contribution in [-0.2, 0) is 20.9 Å². The largest absolute Gasteiger partial charge is 0.480 e. The second kappa shape index (κ2) is 6.59. The molecule has 0 aliphatic carbocycles. The Labute approximate surface area is 128 Å². The summed E-state index contributed by atoms with van der Waals surface area (Å²) in [5.74, 6) is -1.81. The summed E-state index contributed by atoms with van der Waals surface area (Å²) in [5, 5.41) is 13.3. The summed E-state index contributed by atoms with van der Waals surface area (Å²) in [7, 11) is 3.31. The number of rotatable bonds is 4. The van der Waals surface area contributed by atoms with E-state index in [9.17, 15) is 19.5 Å². The number of likely N-dealkylation sites (tertiary alicyclic amines) is 1. The molecule has 1 aliphatic heterocycles. The molecule has 0 radical (unpaired) electrons. The van der Waals surface area contributed by atoms with E-state index in [0.717, 1.165) is 0 Å². The Morgan fingerprint density at radius 3 is 2.59 bits per heavy atom. The molecule has 0 spiro atoms. The molecular weight excluding hydrogens is 288 g/mol. The number of piperidine rings is 1. The Bertz CT molecular complexity index is 555. The molecule has 2 amide bonds. The van der Waals surface area contributed by atoms with Gasteiger partial charge in [-0.25, -0.2) is 4.79 Å². The van der Waals surface area contributed by atoms with Crippen molar-refractivity contribution in [1.29, 1.82) is 0 Å². The van der Waals surface area contributed by atoms with Crippen LogP contribution in [0.25, 0.3) is 0 Å². The van der Waals surface area contributed by atoms with Gasteiger partial charge in [0.2, 0.25) is 11.8 Å². The molecule has 2 unspecified atom stereocenters. The molecule has 1 N–H and O–H groups in total. The van der Waals surface area contributed by atoms with E-state index in [0.29, 0.717) is 6.42 Å². The van der Waals surface area contributed by atoms with Gasteiger partial charge in [-0.05, 0) is 18.9 Å². The molecule has 8 nitrogen and oxygen atoms in total. The fourth-order valence-electron chi connectivity index (χ4n) is 2.69. The van der Waals surface area contributed by atoms with Gasteiger partial charge in [0, 0.05) is 33.0 Å². The molecule has 22 heavy (non-hydrogen) atoms. The number of hydrogen-bond acceptors (Lipinski definition) is 4. The van der Waals surface area contributed by atoms with Crippen LogP contribution in [0.5, 0.6) is 0 Å². The van der Waals surface area contributed by atoms with Crippen LogP contribution in [0.2, 0.25) is 0 Å².